The number of benzene rings is 3. The maximum atomic E-state index is 14.7. The number of amides is 2. The first-order valence-electron chi connectivity index (χ1n) is 21.6. The number of Topliss-reactive ketones (excluding diaryl/α,β-unsaturated/α-hetero) is 2. The predicted octanol–water partition coefficient (Wildman–Crippen LogP) is 4.91. The van der Waals surface area contributed by atoms with Gasteiger partial charge in [-0.1, -0.05) is 57.4 Å². The van der Waals surface area contributed by atoms with Gasteiger partial charge in [-0.05, 0) is 91.7 Å². The highest BCUT2D eigenvalue weighted by molar-refractivity contribution is 7.91. The summed E-state index contributed by atoms with van der Waals surface area (Å²) in [5.41, 5.74) is 21.4. The number of aryl methyl sites for hydroxylation is 2. The molecule has 0 unspecified atom stereocenters. The van der Waals surface area contributed by atoms with Crippen molar-refractivity contribution in [2.24, 2.45) is 29.0 Å². The van der Waals surface area contributed by atoms with E-state index in [1.54, 1.807) is 56.3 Å². The molecule has 3 aromatic carbocycles. The molecule has 0 spiro atoms. The summed E-state index contributed by atoms with van der Waals surface area (Å²) in [4.78, 5) is 57.9. The second-order valence-corrected chi connectivity index (χ2v) is 18.1. The van der Waals surface area contributed by atoms with Gasteiger partial charge in [0.05, 0.1) is 28.7 Å². The number of carbonyl (C=O) groups is 4. The second-order valence-electron chi connectivity index (χ2n) is 16.1. The zero-order chi connectivity index (χ0) is 45.4. The SMILES string of the molecule is CCCCCCc1ccc(S(=O)(=O)C[C@@H](CCN)C(=O)N(C)[C@@H]2C(=O)C[C@@H](C)C(=O)N[C@H](C(=O)CCC#N)Cc3ccc(OCCN)c(c3)-c3cc2ccc3OCCN)c(C)c1. The first-order valence-corrected chi connectivity index (χ1v) is 23.3. The predicted molar refractivity (Wildman–Crippen MR) is 239 cm³/mol. The quantitative estimate of drug-likeness (QED) is 0.105. The molecular weight excluding hydrogens is 809 g/mol. The monoisotopic (exact) mass is 872 g/mol. The number of hydrogen-bond acceptors (Lipinski definition) is 12. The van der Waals surface area contributed by atoms with E-state index in [9.17, 15) is 32.9 Å². The molecule has 7 N–H and O–H groups in total. The lowest BCUT2D eigenvalue weighted by Crippen LogP contribution is -2.46. The third-order valence-electron chi connectivity index (χ3n) is 11.2. The van der Waals surface area contributed by atoms with E-state index in [-0.39, 0.29) is 75.6 Å². The lowest BCUT2D eigenvalue weighted by Gasteiger charge is -2.32. The average Bonchev–Trinajstić information content (AvgIpc) is 3.24. The van der Waals surface area contributed by atoms with Crippen molar-refractivity contribution >= 4 is 33.2 Å². The van der Waals surface area contributed by atoms with Crippen LogP contribution in [-0.4, -0.2) is 88.4 Å². The van der Waals surface area contributed by atoms with Crippen molar-refractivity contribution < 1.29 is 37.1 Å². The van der Waals surface area contributed by atoms with E-state index < -0.39 is 57.1 Å². The van der Waals surface area contributed by atoms with Crippen molar-refractivity contribution in [1.29, 1.82) is 5.26 Å². The number of unbranched alkanes of at least 4 members (excludes halogenated alkanes) is 3. The number of nitriles is 1. The van der Waals surface area contributed by atoms with Crippen LogP contribution in [-0.2, 0) is 41.9 Å². The van der Waals surface area contributed by atoms with Crippen LogP contribution in [0, 0.1) is 30.1 Å². The van der Waals surface area contributed by atoms with Crippen LogP contribution in [0.4, 0.5) is 0 Å². The van der Waals surface area contributed by atoms with Gasteiger partial charge in [0, 0.05) is 56.4 Å². The Kier molecular flexibility index (Phi) is 19.1. The molecule has 14 nitrogen and oxygen atoms in total. The van der Waals surface area contributed by atoms with E-state index in [0.717, 1.165) is 37.7 Å². The number of nitrogens with one attached hydrogen (secondary N) is 1. The Bertz CT molecular complexity index is 2190. The zero-order valence-corrected chi connectivity index (χ0v) is 37.4. The van der Waals surface area contributed by atoms with Crippen molar-refractivity contribution in [2.45, 2.75) is 102 Å². The minimum Gasteiger partial charge on any atom is -0.492 e. The van der Waals surface area contributed by atoms with Crippen molar-refractivity contribution in [3.05, 3.63) is 76.9 Å². The van der Waals surface area contributed by atoms with Crippen LogP contribution < -0.4 is 32.0 Å². The highest BCUT2D eigenvalue weighted by Gasteiger charge is 2.37. The van der Waals surface area contributed by atoms with Gasteiger partial charge < -0.3 is 36.9 Å². The van der Waals surface area contributed by atoms with Gasteiger partial charge in [-0.25, -0.2) is 8.42 Å². The molecule has 4 atom stereocenters. The normalized spacial score (nSPS) is 17.3. The van der Waals surface area contributed by atoms with Crippen LogP contribution >= 0.6 is 0 Å². The molecule has 0 aliphatic carbocycles. The van der Waals surface area contributed by atoms with Crippen molar-refractivity contribution in [3.8, 4) is 28.7 Å². The van der Waals surface area contributed by atoms with Gasteiger partial charge in [-0.2, -0.15) is 5.26 Å². The smallest absolute Gasteiger partial charge is 0.227 e. The molecule has 336 valence electrons. The molecule has 1 aliphatic rings. The third kappa shape index (κ3) is 13.2. The van der Waals surface area contributed by atoms with E-state index in [2.05, 4.69) is 12.2 Å². The summed E-state index contributed by atoms with van der Waals surface area (Å²) in [7, 11) is -2.55. The number of nitrogens with zero attached hydrogens (tertiary/aromatic N) is 2. The maximum absolute atomic E-state index is 14.7. The molecule has 15 heteroatoms. The van der Waals surface area contributed by atoms with Crippen molar-refractivity contribution in [1.82, 2.24) is 10.2 Å². The minimum atomic E-state index is -4.00. The number of ketones is 2. The van der Waals surface area contributed by atoms with E-state index in [1.165, 1.54) is 11.9 Å². The first kappa shape index (κ1) is 49.5. The lowest BCUT2D eigenvalue weighted by molar-refractivity contribution is -0.142. The number of likely N-dealkylation sites (N-methyl/N-ethyl adjacent to an activating group) is 1. The highest BCUT2D eigenvalue weighted by atomic mass is 32.2. The summed E-state index contributed by atoms with van der Waals surface area (Å²) in [5.74, 6) is -3.75. The number of hydrogen-bond donors (Lipinski definition) is 4. The Hall–Kier alpha value is -5.14. The summed E-state index contributed by atoms with van der Waals surface area (Å²) in [6.45, 7) is 6.22. The van der Waals surface area contributed by atoms with E-state index in [1.807, 2.05) is 18.2 Å². The van der Waals surface area contributed by atoms with Crippen LogP contribution in [0.1, 0.15) is 93.5 Å². The standard InChI is InChI=1S/C47H64N6O8S/c1-5-6-7-8-10-33-13-17-44(31(2)25-33)62(58,59)30-36(18-20-49)47(57)53(4)45-35-14-16-43(61-24-22-51)38(29-35)37-27-34(12-15-42(37)60-23-21-50)28-39(40(54)11-9-19-48)52-46(56)32(3)26-41(45)55/h12-17,25,27,29,32,36,39,45H,5-11,18,20-24,26,28,30,49-51H2,1-4H3,(H,52,56)/t32-,36-,39+,45+/m1/s1. The minimum absolute atomic E-state index is 0.0127. The van der Waals surface area contributed by atoms with Crippen LogP contribution in [0.3, 0.4) is 0 Å². The molecule has 0 aromatic heterocycles. The maximum Gasteiger partial charge on any atom is 0.227 e. The fourth-order valence-electron chi connectivity index (χ4n) is 7.93. The number of ether oxygens (including phenoxy) is 2. The van der Waals surface area contributed by atoms with Gasteiger partial charge in [-0.3, -0.25) is 19.2 Å². The molecular formula is C47H64N6O8S. The average molecular weight is 873 g/mol. The molecule has 62 heavy (non-hydrogen) atoms. The van der Waals surface area contributed by atoms with Crippen LogP contribution in [0.25, 0.3) is 11.1 Å². The summed E-state index contributed by atoms with van der Waals surface area (Å²) < 4.78 is 40.4. The first-order chi connectivity index (χ1) is 29.7. The van der Waals surface area contributed by atoms with Gasteiger partial charge in [-0.15, -0.1) is 0 Å². The second kappa shape index (κ2) is 23.9. The molecule has 4 bridgehead atoms. The summed E-state index contributed by atoms with van der Waals surface area (Å²) >= 11 is 0. The number of nitrogens with two attached hydrogens (primary N) is 3. The Labute approximate surface area is 366 Å². The third-order valence-corrected chi connectivity index (χ3v) is 13.2. The topological polar surface area (TPSA) is 238 Å². The van der Waals surface area contributed by atoms with E-state index in [0.29, 0.717) is 39.3 Å². The Morgan fingerprint density at radius 2 is 1.60 bits per heavy atom. The van der Waals surface area contributed by atoms with Gasteiger partial charge >= 0.3 is 0 Å². The summed E-state index contributed by atoms with van der Waals surface area (Å²) in [6, 6.07) is 15.4. The molecule has 1 aliphatic heterocycles. The van der Waals surface area contributed by atoms with Crippen LogP contribution in [0.15, 0.2) is 59.5 Å². The molecule has 2 amide bonds. The lowest BCUT2D eigenvalue weighted by atomic mass is 9.89. The Morgan fingerprint density at radius 1 is 0.919 bits per heavy atom. The van der Waals surface area contributed by atoms with Gasteiger partial charge in [0.2, 0.25) is 11.8 Å². The molecule has 3 aromatic rings. The van der Waals surface area contributed by atoms with Crippen LogP contribution in [0.2, 0.25) is 0 Å². The molecule has 0 radical (unpaired) electrons. The van der Waals surface area contributed by atoms with E-state index >= 15 is 0 Å². The largest absolute Gasteiger partial charge is 0.492 e. The fraction of sp³-hybridized carbons (Fsp3) is 0.511. The van der Waals surface area contributed by atoms with Crippen LogP contribution in [0.5, 0.6) is 11.5 Å². The summed E-state index contributed by atoms with van der Waals surface area (Å²) in [6.07, 6.45) is 4.87. The molecule has 4 rings (SSSR count). The highest BCUT2D eigenvalue weighted by Crippen LogP contribution is 2.41. The zero-order valence-electron chi connectivity index (χ0n) is 36.6. The van der Waals surface area contributed by atoms with E-state index in [4.69, 9.17) is 26.7 Å². The number of rotatable bonds is 21. The van der Waals surface area contributed by atoms with Crippen molar-refractivity contribution in [3.63, 3.8) is 0 Å². The number of sulfone groups is 1. The van der Waals surface area contributed by atoms with Gasteiger partial charge in [0.15, 0.2) is 21.4 Å². The van der Waals surface area contributed by atoms with Gasteiger partial charge in [0.1, 0.15) is 30.8 Å². The molecule has 0 saturated carbocycles. The Balaban J connectivity index is 1.83. The van der Waals surface area contributed by atoms with Crippen molar-refractivity contribution in [2.75, 3.05) is 45.6 Å². The molecule has 0 fully saturated rings. The summed E-state index contributed by atoms with van der Waals surface area (Å²) in [5, 5.41) is 12.0. The molecule has 1 heterocycles. The molecule has 0 saturated heterocycles. The number of carbonyl (C=O) groups excluding carboxylic acids is 4. The van der Waals surface area contributed by atoms with Gasteiger partial charge in [0.25, 0.3) is 0 Å². The Morgan fingerprint density at radius 3 is 2.23 bits per heavy atom. The number of fused-ring (bicyclic) bond motifs is 5. The fourth-order valence-corrected chi connectivity index (χ4v) is 9.78.